The van der Waals surface area contributed by atoms with Crippen LogP contribution in [0.5, 0.6) is 0 Å². The highest BCUT2D eigenvalue weighted by Crippen LogP contribution is 2.30. The summed E-state index contributed by atoms with van der Waals surface area (Å²) < 4.78 is 29.1. The van der Waals surface area contributed by atoms with Crippen molar-refractivity contribution in [2.45, 2.75) is 30.8 Å². The average Bonchev–Trinajstić information content (AvgIpc) is 3.00. The van der Waals surface area contributed by atoms with E-state index >= 15 is 0 Å². The fourth-order valence-corrected chi connectivity index (χ4v) is 6.38. The molecule has 0 aliphatic rings. The molecule has 4 aromatic rings. The number of aryl methyl sites for hydroxylation is 1. The number of nitrogens with zero attached hydrogens (tertiary/aromatic N) is 2. The molecule has 0 spiro atoms. The van der Waals surface area contributed by atoms with Gasteiger partial charge in [0.2, 0.25) is 11.8 Å². The predicted molar refractivity (Wildman–Crippen MR) is 167 cm³/mol. The highest BCUT2D eigenvalue weighted by atomic mass is 35.5. The lowest BCUT2D eigenvalue weighted by atomic mass is 10.0. The number of nitrogens with one attached hydrogen (secondary N) is 1. The fourth-order valence-electron chi connectivity index (χ4n) is 4.59. The molecule has 0 saturated heterocycles. The van der Waals surface area contributed by atoms with Crippen LogP contribution in [0.3, 0.4) is 0 Å². The van der Waals surface area contributed by atoms with E-state index in [0.717, 1.165) is 15.4 Å². The third kappa shape index (κ3) is 7.50. The monoisotopic (exact) mass is 623 g/mol. The standard InChI is InChI=1S/C32H31Cl2N3O4S/c1-23-13-16-27(34)20-29(23)37(42(40,41)28-11-7-4-8-12-28)22-31(38)36(21-25-14-17-26(33)18-15-25)30(32(39)35-2)19-24-9-5-3-6-10-24/h3-18,20,30H,19,21-22H2,1-2H3,(H,35,39)/t30-/m0/s1. The Balaban J connectivity index is 1.81. The van der Waals surface area contributed by atoms with Crippen LogP contribution < -0.4 is 9.62 Å². The molecule has 0 aliphatic heterocycles. The molecule has 0 aromatic heterocycles. The highest BCUT2D eigenvalue weighted by Gasteiger charge is 2.34. The van der Waals surface area contributed by atoms with Crippen molar-refractivity contribution in [3.8, 4) is 0 Å². The van der Waals surface area contributed by atoms with Crippen molar-refractivity contribution >= 4 is 50.7 Å². The molecule has 1 atom stereocenters. The number of sulfonamides is 1. The Kier molecular flexibility index (Phi) is 10.3. The molecule has 1 N–H and O–H groups in total. The minimum atomic E-state index is -4.20. The van der Waals surface area contributed by atoms with Crippen LogP contribution in [0, 0.1) is 6.92 Å². The van der Waals surface area contributed by atoms with E-state index in [4.69, 9.17) is 23.2 Å². The van der Waals surface area contributed by atoms with E-state index in [1.165, 1.54) is 30.1 Å². The summed E-state index contributed by atoms with van der Waals surface area (Å²) in [5, 5.41) is 3.52. The Bertz CT molecular complexity index is 1630. The lowest BCUT2D eigenvalue weighted by molar-refractivity contribution is -0.139. The van der Waals surface area contributed by atoms with Crippen LogP contribution >= 0.6 is 23.2 Å². The summed E-state index contributed by atoms with van der Waals surface area (Å²) in [4.78, 5) is 29.1. The van der Waals surface area contributed by atoms with Crippen LogP contribution in [0.25, 0.3) is 0 Å². The normalized spacial score (nSPS) is 11.9. The van der Waals surface area contributed by atoms with E-state index in [1.807, 2.05) is 30.3 Å². The topological polar surface area (TPSA) is 86.8 Å². The predicted octanol–water partition coefficient (Wildman–Crippen LogP) is 5.88. The number of carbonyl (C=O) groups excluding carboxylic acids is 2. The van der Waals surface area contributed by atoms with Crippen molar-refractivity contribution in [1.82, 2.24) is 10.2 Å². The lowest BCUT2D eigenvalue weighted by Crippen LogP contribution is -2.53. The van der Waals surface area contributed by atoms with Gasteiger partial charge in [-0.3, -0.25) is 13.9 Å². The molecule has 4 rings (SSSR count). The first kappa shape index (κ1) is 31.1. The molecular weight excluding hydrogens is 593 g/mol. The molecule has 42 heavy (non-hydrogen) atoms. The first-order valence-corrected chi connectivity index (χ1v) is 15.4. The maximum atomic E-state index is 14.3. The van der Waals surface area contributed by atoms with Crippen LogP contribution in [0.15, 0.2) is 108 Å². The zero-order valence-electron chi connectivity index (χ0n) is 23.2. The summed E-state index contributed by atoms with van der Waals surface area (Å²) in [5.41, 5.74) is 2.46. The zero-order valence-corrected chi connectivity index (χ0v) is 25.5. The van der Waals surface area contributed by atoms with Crippen LogP contribution in [0.1, 0.15) is 16.7 Å². The van der Waals surface area contributed by atoms with Crippen molar-refractivity contribution < 1.29 is 18.0 Å². The molecule has 0 heterocycles. The first-order valence-electron chi connectivity index (χ1n) is 13.2. The number of hydrogen-bond donors (Lipinski definition) is 1. The van der Waals surface area contributed by atoms with Gasteiger partial charge in [0.05, 0.1) is 10.6 Å². The van der Waals surface area contributed by atoms with Crippen molar-refractivity contribution in [2.75, 3.05) is 17.9 Å². The van der Waals surface area contributed by atoms with E-state index in [0.29, 0.717) is 15.6 Å². The van der Waals surface area contributed by atoms with E-state index in [-0.39, 0.29) is 29.5 Å². The van der Waals surface area contributed by atoms with E-state index < -0.39 is 28.5 Å². The Morgan fingerprint density at radius 1 is 0.810 bits per heavy atom. The van der Waals surface area contributed by atoms with Gasteiger partial charge in [-0.15, -0.1) is 0 Å². The summed E-state index contributed by atoms with van der Waals surface area (Å²) in [6.45, 7) is 1.24. The molecule has 218 valence electrons. The summed E-state index contributed by atoms with van der Waals surface area (Å²) in [6, 6.07) is 28.1. The number of hydrogen-bond acceptors (Lipinski definition) is 4. The van der Waals surface area contributed by atoms with Gasteiger partial charge in [-0.1, -0.05) is 89.9 Å². The minimum absolute atomic E-state index is 0.0218. The number of amides is 2. The van der Waals surface area contributed by atoms with Crippen LogP contribution in [0.4, 0.5) is 5.69 Å². The molecule has 0 radical (unpaired) electrons. The number of rotatable bonds is 11. The summed E-state index contributed by atoms with van der Waals surface area (Å²) >= 11 is 12.4. The van der Waals surface area contributed by atoms with E-state index in [2.05, 4.69) is 5.32 Å². The van der Waals surface area contributed by atoms with Crippen LogP contribution in [-0.2, 0) is 32.6 Å². The molecule has 4 aromatic carbocycles. The average molecular weight is 625 g/mol. The second-order valence-corrected chi connectivity index (χ2v) is 12.5. The van der Waals surface area contributed by atoms with Crippen LogP contribution in [-0.4, -0.2) is 44.8 Å². The fraction of sp³-hybridized carbons (Fsp3) is 0.188. The number of likely N-dealkylation sites (N-methyl/N-ethyl adjacent to an activating group) is 1. The Morgan fingerprint density at radius 2 is 1.40 bits per heavy atom. The molecular formula is C32H31Cl2N3O4S. The Morgan fingerprint density at radius 3 is 2.02 bits per heavy atom. The van der Waals surface area contributed by atoms with Gasteiger partial charge < -0.3 is 10.2 Å². The van der Waals surface area contributed by atoms with Gasteiger partial charge in [0.15, 0.2) is 0 Å². The van der Waals surface area contributed by atoms with E-state index in [9.17, 15) is 18.0 Å². The van der Waals surface area contributed by atoms with Gasteiger partial charge in [0, 0.05) is 30.1 Å². The van der Waals surface area contributed by atoms with E-state index in [1.54, 1.807) is 61.5 Å². The highest BCUT2D eigenvalue weighted by molar-refractivity contribution is 7.92. The minimum Gasteiger partial charge on any atom is -0.357 e. The summed E-state index contributed by atoms with van der Waals surface area (Å²) in [6.07, 6.45) is 0.224. The van der Waals surface area contributed by atoms with Crippen molar-refractivity contribution in [3.63, 3.8) is 0 Å². The van der Waals surface area contributed by atoms with Gasteiger partial charge >= 0.3 is 0 Å². The second-order valence-electron chi connectivity index (χ2n) is 9.72. The summed E-state index contributed by atoms with van der Waals surface area (Å²) in [7, 11) is -2.69. The molecule has 0 aliphatic carbocycles. The molecule has 10 heteroatoms. The first-order chi connectivity index (χ1) is 20.1. The number of anilines is 1. The lowest BCUT2D eigenvalue weighted by Gasteiger charge is -2.34. The molecule has 0 saturated carbocycles. The SMILES string of the molecule is CNC(=O)[C@H](Cc1ccccc1)N(Cc1ccc(Cl)cc1)C(=O)CN(c1cc(Cl)ccc1C)S(=O)(=O)c1ccccc1. The maximum Gasteiger partial charge on any atom is 0.264 e. The molecule has 0 bridgehead atoms. The number of benzene rings is 4. The quantitative estimate of drug-likeness (QED) is 0.226. The largest absolute Gasteiger partial charge is 0.357 e. The number of carbonyl (C=O) groups is 2. The number of halogens is 2. The van der Waals surface area contributed by atoms with Gasteiger partial charge in [-0.25, -0.2) is 8.42 Å². The molecule has 7 nitrogen and oxygen atoms in total. The molecule has 2 amide bonds. The Labute approximate surface area is 256 Å². The van der Waals surface area contributed by atoms with Crippen molar-refractivity contribution in [3.05, 3.63) is 130 Å². The molecule has 0 fully saturated rings. The smallest absolute Gasteiger partial charge is 0.264 e. The van der Waals surface area contributed by atoms with Crippen molar-refractivity contribution in [2.24, 2.45) is 0 Å². The van der Waals surface area contributed by atoms with Crippen LogP contribution in [0.2, 0.25) is 10.0 Å². The Hall–Kier alpha value is -3.85. The van der Waals surface area contributed by atoms with Gasteiger partial charge in [0.25, 0.3) is 10.0 Å². The van der Waals surface area contributed by atoms with Crippen molar-refractivity contribution in [1.29, 1.82) is 0 Å². The van der Waals surface area contributed by atoms with Gasteiger partial charge in [-0.05, 0) is 60.0 Å². The molecule has 0 unspecified atom stereocenters. The van der Waals surface area contributed by atoms with Gasteiger partial charge in [-0.2, -0.15) is 0 Å². The zero-order chi connectivity index (χ0) is 30.3. The third-order valence-corrected chi connectivity index (χ3v) is 9.09. The summed E-state index contributed by atoms with van der Waals surface area (Å²) in [5.74, 6) is -0.939. The maximum absolute atomic E-state index is 14.3. The third-order valence-electron chi connectivity index (χ3n) is 6.83. The second kappa shape index (κ2) is 13.9. The van der Waals surface area contributed by atoms with Gasteiger partial charge in [0.1, 0.15) is 12.6 Å².